The Kier molecular flexibility index (Phi) is 5.41. The topological polar surface area (TPSA) is 69.6 Å². The molecule has 0 aromatic rings. The van der Waals surface area contributed by atoms with E-state index in [1.807, 2.05) is 11.8 Å². The molecule has 2 N–H and O–H groups in total. The molecule has 0 radical (unpaired) electrons. The number of rotatable bonds is 2. The fourth-order valence-electron chi connectivity index (χ4n) is 3.35. The van der Waals surface area contributed by atoms with Gasteiger partial charge in [0.1, 0.15) is 5.54 Å². The van der Waals surface area contributed by atoms with Crippen molar-refractivity contribution in [2.75, 3.05) is 13.1 Å². The molecule has 2 atom stereocenters. The molecule has 1 saturated heterocycles. The maximum absolute atomic E-state index is 12.5. The van der Waals surface area contributed by atoms with Crippen LogP contribution < -0.4 is 5.32 Å². The van der Waals surface area contributed by atoms with Crippen molar-refractivity contribution in [3.8, 4) is 0 Å². The fourth-order valence-corrected chi connectivity index (χ4v) is 4.68. The quantitative estimate of drug-likeness (QED) is 0.769. The second kappa shape index (κ2) is 6.90. The van der Waals surface area contributed by atoms with Crippen LogP contribution in [0.3, 0.4) is 0 Å². The highest BCUT2D eigenvalue weighted by molar-refractivity contribution is 8.00. The summed E-state index contributed by atoms with van der Waals surface area (Å²) in [6.45, 7) is 5.60. The zero-order chi connectivity index (χ0) is 15.5. The first-order valence-electron chi connectivity index (χ1n) is 7.89. The predicted octanol–water partition coefficient (Wildman–Crippen LogP) is 2.70. The molecule has 0 spiro atoms. The molecule has 6 heteroatoms. The summed E-state index contributed by atoms with van der Waals surface area (Å²) in [5.74, 6) is -0.884. The highest BCUT2D eigenvalue weighted by atomic mass is 32.2. The Morgan fingerprint density at radius 2 is 1.62 bits per heavy atom. The van der Waals surface area contributed by atoms with E-state index in [1.165, 1.54) is 0 Å². The van der Waals surface area contributed by atoms with Gasteiger partial charge in [0.2, 0.25) is 0 Å². The number of carbonyl (C=O) groups is 2. The van der Waals surface area contributed by atoms with Crippen LogP contribution in [0.4, 0.5) is 4.79 Å². The van der Waals surface area contributed by atoms with E-state index in [4.69, 9.17) is 0 Å². The van der Waals surface area contributed by atoms with Crippen LogP contribution in [-0.4, -0.2) is 51.1 Å². The van der Waals surface area contributed by atoms with E-state index in [2.05, 4.69) is 19.2 Å². The van der Waals surface area contributed by atoms with E-state index >= 15 is 0 Å². The first-order chi connectivity index (χ1) is 9.93. The van der Waals surface area contributed by atoms with Gasteiger partial charge in [-0.15, -0.1) is 0 Å². The number of carbonyl (C=O) groups excluding carboxylic acids is 1. The molecule has 1 saturated carbocycles. The number of carboxylic acid groups (broad SMARTS) is 1. The van der Waals surface area contributed by atoms with Crippen LogP contribution in [0.5, 0.6) is 0 Å². The molecule has 120 valence electrons. The SMILES string of the molecule is CC1CN(C(=O)NC2(C(=O)O)CCCCCC2)CC(C)S1. The summed E-state index contributed by atoms with van der Waals surface area (Å²) < 4.78 is 0. The fraction of sp³-hybridized carbons (Fsp3) is 0.867. The molecule has 2 amide bonds. The Bertz CT molecular complexity index is 384. The minimum Gasteiger partial charge on any atom is -0.480 e. The molecule has 2 unspecified atom stereocenters. The van der Waals surface area contributed by atoms with Crippen LogP contribution in [0, 0.1) is 0 Å². The van der Waals surface area contributed by atoms with Gasteiger partial charge in [-0.1, -0.05) is 39.5 Å². The highest BCUT2D eigenvalue weighted by Gasteiger charge is 2.41. The number of hydrogen-bond acceptors (Lipinski definition) is 3. The van der Waals surface area contributed by atoms with Crippen molar-refractivity contribution in [1.82, 2.24) is 10.2 Å². The summed E-state index contributed by atoms with van der Waals surface area (Å²) in [6, 6.07) is -0.210. The van der Waals surface area contributed by atoms with Gasteiger partial charge >= 0.3 is 12.0 Å². The van der Waals surface area contributed by atoms with Crippen molar-refractivity contribution in [2.24, 2.45) is 0 Å². The molecular weight excluding hydrogens is 288 g/mol. The molecule has 21 heavy (non-hydrogen) atoms. The maximum atomic E-state index is 12.5. The van der Waals surface area contributed by atoms with Crippen molar-refractivity contribution in [3.05, 3.63) is 0 Å². The van der Waals surface area contributed by atoms with E-state index in [0.29, 0.717) is 36.4 Å². The smallest absolute Gasteiger partial charge is 0.329 e. The lowest BCUT2D eigenvalue weighted by atomic mass is 9.90. The molecule has 0 aromatic heterocycles. The van der Waals surface area contributed by atoms with Crippen LogP contribution in [0.2, 0.25) is 0 Å². The second-order valence-corrected chi connectivity index (χ2v) is 8.28. The summed E-state index contributed by atoms with van der Waals surface area (Å²) >= 11 is 1.88. The van der Waals surface area contributed by atoms with Gasteiger partial charge in [0.25, 0.3) is 0 Å². The number of amides is 2. The van der Waals surface area contributed by atoms with Gasteiger partial charge in [0.15, 0.2) is 0 Å². The Balaban J connectivity index is 2.05. The number of hydrogen-bond donors (Lipinski definition) is 2. The van der Waals surface area contributed by atoms with Crippen molar-refractivity contribution >= 4 is 23.8 Å². The van der Waals surface area contributed by atoms with E-state index < -0.39 is 11.5 Å². The number of carboxylic acids is 1. The average Bonchev–Trinajstić information content (AvgIpc) is 2.64. The minimum absolute atomic E-state index is 0.210. The summed E-state index contributed by atoms with van der Waals surface area (Å²) in [5, 5.41) is 13.3. The molecule has 5 nitrogen and oxygen atoms in total. The highest BCUT2D eigenvalue weighted by Crippen LogP contribution is 2.29. The summed E-state index contributed by atoms with van der Waals surface area (Å²) in [4.78, 5) is 26.0. The molecule has 1 heterocycles. The monoisotopic (exact) mass is 314 g/mol. The van der Waals surface area contributed by atoms with Crippen molar-refractivity contribution in [3.63, 3.8) is 0 Å². The Morgan fingerprint density at radius 1 is 1.10 bits per heavy atom. The van der Waals surface area contributed by atoms with E-state index in [1.54, 1.807) is 4.90 Å². The third-order valence-electron chi connectivity index (χ3n) is 4.42. The molecular formula is C15H26N2O3S. The number of urea groups is 1. The zero-order valence-corrected chi connectivity index (χ0v) is 13.7. The van der Waals surface area contributed by atoms with Crippen molar-refractivity contribution in [1.29, 1.82) is 0 Å². The van der Waals surface area contributed by atoms with Crippen LogP contribution >= 0.6 is 11.8 Å². The normalized spacial score (nSPS) is 29.5. The van der Waals surface area contributed by atoms with E-state index in [0.717, 1.165) is 25.7 Å². The largest absolute Gasteiger partial charge is 0.480 e. The molecule has 1 aliphatic heterocycles. The lowest BCUT2D eigenvalue weighted by Gasteiger charge is -2.38. The van der Waals surface area contributed by atoms with Crippen LogP contribution in [0.25, 0.3) is 0 Å². The molecule has 2 rings (SSSR count). The van der Waals surface area contributed by atoms with Gasteiger partial charge in [-0.3, -0.25) is 0 Å². The minimum atomic E-state index is -1.06. The first-order valence-corrected chi connectivity index (χ1v) is 8.83. The standard InChI is InChI=1S/C15H26N2O3S/c1-11-9-17(10-12(2)21-11)14(20)16-15(13(18)19)7-5-3-4-6-8-15/h11-12H,3-10H2,1-2H3,(H,16,20)(H,18,19). The molecule has 2 fully saturated rings. The Hall–Kier alpha value is -0.910. The van der Waals surface area contributed by atoms with E-state index in [9.17, 15) is 14.7 Å². The zero-order valence-electron chi connectivity index (χ0n) is 12.9. The number of nitrogens with one attached hydrogen (secondary N) is 1. The lowest BCUT2D eigenvalue weighted by molar-refractivity contribution is -0.145. The van der Waals surface area contributed by atoms with Gasteiger partial charge in [-0.2, -0.15) is 11.8 Å². The molecule has 2 aliphatic rings. The average molecular weight is 314 g/mol. The lowest BCUT2D eigenvalue weighted by Crippen LogP contribution is -2.59. The third kappa shape index (κ3) is 4.05. The number of nitrogens with zero attached hydrogens (tertiary/aromatic N) is 1. The Morgan fingerprint density at radius 3 is 2.10 bits per heavy atom. The number of thioether (sulfide) groups is 1. The van der Waals surface area contributed by atoms with Crippen molar-refractivity contribution in [2.45, 2.75) is 68.4 Å². The maximum Gasteiger partial charge on any atom is 0.329 e. The molecule has 0 aromatic carbocycles. The van der Waals surface area contributed by atoms with Gasteiger partial charge in [0.05, 0.1) is 0 Å². The first kappa shape index (κ1) is 16.5. The summed E-state index contributed by atoms with van der Waals surface area (Å²) in [7, 11) is 0. The van der Waals surface area contributed by atoms with Gasteiger partial charge < -0.3 is 15.3 Å². The van der Waals surface area contributed by atoms with Gasteiger partial charge in [-0.05, 0) is 12.8 Å². The van der Waals surface area contributed by atoms with Gasteiger partial charge in [0, 0.05) is 23.6 Å². The van der Waals surface area contributed by atoms with Crippen molar-refractivity contribution < 1.29 is 14.7 Å². The predicted molar refractivity (Wildman–Crippen MR) is 84.7 cm³/mol. The molecule has 1 aliphatic carbocycles. The number of aliphatic carboxylic acids is 1. The summed E-state index contributed by atoms with van der Waals surface area (Å²) in [5.41, 5.74) is -1.06. The second-order valence-electron chi connectivity index (χ2n) is 6.39. The summed E-state index contributed by atoms with van der Waals surface area (Å²) in [6.07, 6.45) is 4.94. The third-order valence-corrected chi connectivity index (χ3v) is 5.65. The van der Waals surface area contributed by atoms with Crippen LogP contribution in [-0.2, 0) is 4.79 Å². The van der Waals surface area contributed by atoms with Crippen LogP contribution in [0.1, 0.15) is 52.4 Å². The van der Waals surface area contributed by atoms with E-state index in [-0.39, 0.29) is 6.03 Å². The molecule has 0 bridgehead atoms. The van der Waals surface area contributed by atoms with Crippen LogP contribution in [0.15, 0.2) is 0 Å². The Labute approximate surface area is 130 Å². The van der Waals surface area contributed by atoms with Gasteiger partial charge in [-0.25, -0.2) is 9.59 Å².